The molecule has 0 aliphatic heterocycles. The SMILES string of the molecule is c1ccc(C2(c3nc(-c4ccc(-c5cccc6oc7ccccc7c56)cc4)nc(-n4c5ccccc5c5ccccc54)n3)c3ccccc3-c3ccccc32)cc1. The first-order valence-electron chi connectivity index (χ1n) is 19.3. The molecule has 0 radical (unpaired) electrons. The van der Waals surface area contributed by atoms with Gasteiger partial charge in [0.25, 0.3) is 0 Å². The van der Waals surface area contributed by atoms with E-state index in [9.17, 15) is 0 Å². The van der Waals surface area contributed by atoms with Crippen LogP contribution in [0.15, 0.2) is 199 Å². The fourth-order valence-corrected chi connectivity index (χ4v) is 9.32. The second kappa shape index (κ2) is 12.2. The van der Waals surface area contributed by atoms with Crippen LogP contribution >= 0.6 is 0 Å². The fourth-order valence-electron chi connectivity index (χ4n) is 9.32. The van der Waals surface area contributed by atoms with Crippen LogP contribution in [0.2, 0.25) is 0 Å². The lowest BCUT2D eigenvalue weighted by atomic mass is 9.71. The van der Waals surface area contributed by atoms with Gasteiger partial charge in [-0.25, -0.2) is 4.98 Å². The van der Waals surface area contributed by atoms with Gasteiger partial charge in [0, 0.05) is 27.1 Å². The van der Waals surface area contributed by atoms with Crippen LogP contribution < -0.4 is 0 Å². The molecule has 0 spiro atoms. The fraction of sp³-hybridized carbons (Fsp3) is 0.0192. The summed E-state index contributed by atoms with van der Waals surface area (Å²) in [5, 5.41) is 4.52. The van der Waals surface area contributed by atoms with Crippen molar-refractivity contribution in [3.8, 4) is 39.6 Å². The van der Waals surface area contributed by atoms with Crippen molar-refractivity contribution in [3.63, 3.8) is 0 Å². The molecule has 0 N–H and O–H groups in total. The van der Waals surface area contributed by atoms with E-state index >= 15 is 0 Å². The average Bonchev–Trinajstić information content (AvgIpc) is 3.93. The van der Waals surface area contributed by atoms with Crippen molar-refractivity contribution in [2.75, 3.05) is 0 Å². The molecule has 0 atom stereocenters. The van der Waals surface area contributed by atoms with Gasteiger partial charge < -0.3 is 4.42 Å². The Morgan fingerprint density at radius 2 is 0.947 bits per heavy atom. The van der Waals surface area contributed by atoms with Crippen LogP contribution in [0.4, 0.5) is 0 Å². The van der Waals surface area contributed by atoms with Gasteiger partial charge in [-0.15, -0.1) is 0 Å². The standard InChI is InChI=1S/C52H32N4O/c1-2-15-35(16-3-1)52(42-23-9-4-17-37(42)38-18-5-10-24-43(38)52)50-53-49(54-51(55-50)56-44-25-11-6-19-39(44)40-20-7-12-26-45(40)56)34-31-29-33(30-32-34)36-22-14-28-47-48(36)41-21-8-13-27-46(41)57-47/h1-32H. The van der Waals surface area contributed by atoms with E-state index in [2.05, 4.69) is 180 Å². The predicted molar refractivity (Wildman–Crippen MR) is 230 cm³/mol. The number of aromatic nitrogens is 4. The van der Waals surface area contributed by atoms with Crippen molar-refractivity contribution in [1.82, 2.24) is 19.5 Å². The lowest BCUT2D eigenvalue weighted by molar-refractivity contribution is 0.669. The monoisotopic (exact) mass is 728 g/mol. The highest BCUT2D eigenvalue weighted by Crippen LogP contribution is 2.55. The van der Waals surface area contributed by atoms with E-state index in [4.69, 9.17) is 19.4 Å². The van der Waals surface area contributed by atoms with Crippen molar-refractivity contribution < 1.29 is 4.42 Å². The molecule has 3 heterocycles. The molecule has 1 aliphatic carbocycles. The summed E-state index contributed by atoms with van der Waals surface area (Å²) < 4.78 is 8.44. The molecule has 5 nitrogen and oxygen atoms in total. The van der Waals surface area contributed by atoms with Gasteiger partial charge in [-0.05, 0) is 63.2 Å². The van der Waals surface area contributed by atoms with Gasteiger partial charge in [-0.2, -0.15) is 9.97 Å². The van der Waals surface area contributed by atoms with Crippen LogP contribution in [0.1, 0.15) is 22.5 Å². The molecule has 0 fully saturated rings. The highest BCUT2D eigenvalue weighted by Gasteiger charge is 2.48. The minimum absolute atomic E-state index is 0.572. The van der Waals surface area contributed by atoms with Gasteiger partial charge in [0.2, 0.25) is 5.95 Å². The maximum Gasteiger partial charge on any atom is 0.238 e. The number of nitrogens with zero attached hydrogens (tertiary/aromatic N) is 4. The number of rotatable bonds is 5. The molecule has 12 rings (SSSR count). The van der Waals surface area contributed by atoms with Crippen LogP contribution in [0.25, 0.3) is 83.3 Å². The first-order valence-corrected chi connectivity index (χ1v) is 19.3. The lowest BCUT2D eigenvalue weighted by Crippen LogP contribution is -2.32. The molecule has 8 aromatic carbocycles. The molecule has 1 aliphatic rings. The molecular weight excluding hydrogens is 697 g/mol. The van der Waals surface area contributed by atoms with E-state index in [0.29, 0.717) is 17.6 Å². The molecular formula is C52H32N4O. The van der Waals surface area contributed by atoms with Crippen molar-refractivity contribution in [1.29, 1.82) is 0 Å². The van der Waals surface area contributed by atoms with Crippen LogP contribution in [-0.4, -0.2) is 19.5 Å². The zero-order valence-corrected chi connectivity index (χ0v) is 30.7. The minimum Gasteiger partial charge on any atom is -0.456 e. The topological polar surface area (TPSA) is 56.7 Å². The Bertz CT molecular complexity index is 3260. The number of fused-ring (bicyclic) bond motifs is 9. The van der Waals surface area contributed by atoms with Crippen LogP contribution in [0.3, 0.4) is 0 Å². The summed E-state index contributed by atoms with van der Waals surface area (Å²) in [5.41, 5.74) is 11.9. The zero-order valence-electron chi connectivity index (χ0n) is 30.7. The Kier molecular flexibility index (Phi) is 6.78. The second-order valence-electron chi connectivity index (χ2n) is 14.7. The van der Waals surface area contributed by atoms with Gasteiger partial charge in [0.1, 0.15) is 16.6 Å². The first-order chi connectivity index (χ1) is 28.3. The van der Waals surface area contributed by atoms with Crippen LogP contribution in [0, 0.1) is 0 Å². The summed E-state index contributed by atoms with van der Waals surface area (Å²) in [7, 11) is 0. The smallest absolute Gasteiger partial charge is 0.238 e. The molecule has 3 aromatic heterocycles. The van der Waals surface area contributed by atoms with E-state index in [1.165, 1.54) is 11.1 Å². The molecule has 0 unspecified atom stereocenters. The Morgan fingerprint density at radius 1 is 0.404 bits per heavy atom. The molecule has 0 amide bonds. The zero-order chi connectivity index (χ0) is 37.5. The summed E-state index contributed by atoms with van der Waals surface area (Å²) in [6.07, 6.45) is 0. The van der Waals surface area contributed by atoms with Crippen molar-refractivity contribution in [3.05, 3.63) is 217 Å². The Balaban J connectivity index is 1.14. The number of furan rings is 1. The average molecular weight is 729 g/mol. The van der Waals surface area contributed by atoms with Crippen molar-refractivity contribution in [2.45, 2.75) is 5.41 Å². The number of hydrogen-bond acceptors (Lipinski definition) is 4. The highest BCUT2D eigenvalue weighted by molar-refractivity contribution is 6.12. The van der Waals surface area contributed by atoms with Gasteiger partial charge >= 0.3 is 0 Å². The highest BCUT2D eigenvalue weighted by atomic mass is 16.3. The minimum atomic E-state index is -0.808. The van der Waals surface area contributed by atoms with Crippen LogP contribution in [0.5, 0.6) is 0 Å². The molecule has 266 valence electrons. The number of para-hydroxylation sites is 3. The molecule has 0 saturated carbocycles. The van der Waals surface area contributed by atoms with Gasteiger partial charge in [-0.1, -0.05) is 170 Å². The van der Waals surface area contributed by atoms with E-state index in [1.807, 2.05) is 18.2 Å². The predicted octanol–water partition coefficient (Wildman–Crippen LogP) is 12.6. The summed E-state index contributed by atoms with van der Waals surface area (Å²) in [6.45, 7) is 0. The number of benzene rings is 8. The quantitative estimate of drug-likeness (QED) is 0.177. The van der Waals surface area contributed by atoms with E-state index in [-0.39, 0.29) is 0 Å². The van der Waals surface area contributed by atoms with E-state index in [1.54, 1.807) is 0 Å². The molecule has 0 saturated heterocycles. The maximum atomic E-state index is 6.25. The van der Waals surface area contributed by atoms with E-state index < -0.39 is 5.41 Å². The second-order valence-corrected chi connectivity index (χ2v) is 14.7. The summed E-state index contributed by atoms with van der Waals surface area (Å²) in [5.74, 6) is 1.85. The van der Waals surface area contributed by atoms with Gasteiger partial charge in [0.15, 0.2) is 11.6 Å². The maximum absolute atomic E-state index is 6.25. The molecule has 57 heavy (non-hydrogen) atoms. The Labute approximate surface area is 328 Å². The summed E-state index contributed by atoms with van der Waals surface area (Å²) in [6, 6.07) is 68.2. The third kappa shape index (κ3) is 4.54. The molecule has 5 heteroatoms. The van der Waals surface area contributed by atoms with E-state index in [0.717, 1.165) is 77.1 Å². The van der Waals surface area contributed by atoms with Crippen molar-refractivity contribution in [2.24, 2.45) is 0 Å². The first kappa shape index (κ1) is 31.7. The lowest BCUT2D eigenvalue weighted by Gasteiger charge is -2.32. The Morgan fingerprint density at radius 3 is 1.65 bits per heavy atom. The third-order valence-corrected chi connectivity index (χ3v) is 11.8. The third-order valence-electron chi connectivity index (χ3n) is 11.8. The Hall–Kier alpha value is -7.63. The van der Waals surface area contributed by atoms with Crippen molar-refractivity contribution >= 4 is 43.7 Å². The van der Waals surface area contributed by atoms with Crippen LogP contribution in [-0.2, 0) is 5.41 Å². The molecule has 0 bridgehead atoms. The number of hydrogen-bond donors (Lipinski definition) is 0. The van der Waals surface area contributed by atoms with Gasteiger partial charge in [0.05, 0.1) is 11.0 Å². The molecule has 11 aromatic rings. The normalized spacial score (nSPS) is 13.1. The summed E-state index contributed by atoms with van der Waals surface area (Å²) >= 11 is 0. The van der Waals surface area contributed by atoms with Gasteiger partial charge in [-0.3, -0.25) is 4.57 Å². The largest absolute Gasteiger partial charge is 0.456 e. The summed E-state index contributed by atoms with van der Waals surface area (Å²) in [4.78, 5) is 16.5.